The minimum absolute atomic E-state index is 0.191. The number of hydrogen-bond acceptors (Lipinski definition) is 6. The molecular formula is C23H15FN4O2S. The summed E-state index contributed by atoms with van der Waals surface area (Å²) in [7, 11) is 0. The average Bonchev–Trinajstić information content (AvgIpc) is 3.30. The number of benzene rings is 3. The van der Waals surface area contributed by atoms with Gasteiger partial charge in [-0.25, -0.2) is 4.39 Å². The van der Waals surface area contributed by atoms with Gasteiger partial charge < -0.3 is 4.52 Å². The lowest BCUT2D eigenvalue weighted by Crippen LogP contribution is -2.22. The third-order valence-corrected chi connectivity index (χ3v) is 5.60. The fraction of sp³-hybridized carbons (Fsp3) is 0.0435. The molecule has 0 bridgehead atoms. The molecule has 0 unspecified atom stereocenters. The average molecular weight is 430 g/mol. The monoisotopic (exact) mass is 430 g/mol. The molecule has 152 valence electrons. The van der Waals surface area contributed by atoms with Crippen molar-refractivity contribution >= 4 is 22.5 Å². The highest BCUT2D eigenvalue weighted by atomic mass is 32.2. The molecule has 0 aliphatic rings. The maximum Gasteiger partial charge on any atom is 0.279 e. The van der Waals surface area contributed by atoms with Gasteiger partial charge in [0.05, 0.1) is 11.1 Å². The molecule has 3 aromatic carbocycles. The van der Waals surface area contributed by atoms with Crippen LogP contribution in [0.1, 0.15) is 0 Å². The third kappa shape index (κ3) is 3.51. The highest BCUT2D eigenvalue weighted by Crippen LogP contribution is 2.27. The van der Waals surface area contributed by atoms with Gasteiger partial charge in [-0.2, -0.15) is 14.8 Å². The highest BCUT2D eigenvalue weighted by Gasteiger charge is 2.19. The molecule has 6 nitrogen and oxygen atoms in total. The number of thioether (sulfide) groups is 1. The lowest BCUT2D eigenvalue weighted by atomic mass is 10.1. The molecule has 2 aromatic heterocycles. The smallest absolute Gasteiger partial charge is 0.279 e. The summed E-state index contributed by atoms with van der Waals surface area (Å²) in [6, 6.07) is 20.4. The van der Waals surface area contributed by atoms with E-state index in [1.165, 1.54) is 28.9 Å². The third-order valence-electron chi connectivity index (χ3n) is 4.85. The Kier molecular flexibility index (Phi) is 4.83. The maximum absolute atomic E-state index is 13.4. The van der Waals surface area contributed by atoms with Crippen LogP contribution in [-0.4, -0.2) is 26.2 Å². The molecule has 5 rings (SSSR count). The van der Waals surface area contributed by atoms with Gasteiger partial charge >= 0.3 is 0 Å². The van der Waals surface area contributed by atoms with Crippen LogP contribution < -0.4 is 5.56 Å². The van der Waals surface area contributed by atoms with E-state index in [0.717, 1.165) is 10.5 Å². The Morgan fingerprint density at radius 2 is 1.65 bits per heavy atom. The van der Waals surface area contributed by atoms with E-state index in [-0.39, 0.29) is 11.4 Å². The number of halogens is 1. The van der Waals surface area contributed by atoms with Crippen LogP contribution in [0.4, 0.5) is 4.39 Å². The van der Waals surface area contributed by atoms with Crippen molar-refractivity contribution in [3.05, 3.63) is 89.0 Å². The normalized spacial score (nSPS) is 11.2. The quantitative estimate of drug-likeness (QED) is 0.375. The summed E-state index contributed by atoms with van der Waals surface area (Å²) in [5.41, 5.74) is 1.30. The lowest BCUT2D eigenvalue weighted by molar-refractivity contribution is 0.430. The van der Waals surface area contributed by atoms with Crippen LogP contribution in [0, 0.1) is 5.82 Å². The number of fused-ring (bicyclic) bond motifs is 1. The Morgan fingerprint density at radius 1 is 0.935 bits per heavy atom. The van der Waals surface area contributed by atoms with Crippen molar-refractivity contribution in [2.45, 2.75) is 4.90 Å². The van der Waals surface area contributed by atoms with Gasteiger partial charge in [0.1, 0.15) is 5.82 Å². The Balaban J connectivity index is 1.68. The van der Waals surface area contributed by atoms with Gasteiger partial charge in [-0.05, 0) is 60.9 Å². The van der Waals surface area contributed by atoms with E-state index < -0.39 is 5.82 Å². The Morgan fingerprint density at radius 3 is 2.35 bits per heavy atom. The minimum atomic E-state index is -0.396. The topological polar surface area (TPSA) is 73.8 Å². The number of hydrogen-bond donors (Lipinski definition) is 0. The molecule has 0 spiro atoms. The zero-order valence-corrected chi connectivity index (χ0v) is 17.1. The second-order valence-electron chi connectivity index (χ2n) is 6.74. The maximum atomic E-state index is 13.4. The van der Waals surface area contributed by atoms with Gasteiger partial charge in [-0.15, -0.1) is 11.8 Å². The first-order valence-electron chi connectivity index (χ1n) is 9.40. The lowest BCUT2D eigenvalue weighted by Gasteiger charge is -2.09. The summed E-state index contributed by atoms with van der Waals surface area (Å²) in [6.07, 6.45) is 2.01. The molecule has 0 aliphatic heterocycles. The first-order valence-corrected chi connectivity index (χ1v) is 10.6. The molecule has 0 radical (unpaired) electrons. The van der Waals surface area contributed by atoms with Crippen molar-refractivity contribution in [3.63, 3.8) is 0 Å². The van der Waals surface area contributed by atoms with E-state index in [1.807, 2.05) is 36.6 Å². The van der Waals surface area contributed by atoms with Gasteiger partial charge in [0.2, 0.25) is 5.82 Å². The van der Waals surface area contributed by atoms with E-state index in [9.17, 15) is 9.18 Å². The Bertz CT molecular complexity index is 1440. The van der Waals surface area contributed by atoms with E-state index >= 15 is 0 Å². The fourth-order valence-corrected chi connectivity index (χ4v) is 3.69. The summed E-state index contributed by atoms with van der Waals surface area (Å²) >= 11 is 1.65. The molecule has 0 atom stereocenters. The summed E-state index contributed by atoms with van der Waals surface area (Å²) < 4.78 is 20.1. The van der Waals surface area contributed by atoms with Gasteiger partial charge in [0, 0.05) is 15.8 Å². The molecule has 5 aromatic rings. The van der Waals surface area contributed by atoms with Crippen LogP contribution in [-0.2, 0) is 0 Å². The predicted octanol–water partition coefficient (Wildman–Crippen LogP) is 4.96. The van der Waals surface area contributed by atoms with Gasteiger partial charge in [-0.3, -0.25) is 4.79 Å². The number of rotatable bonds is 4. The number of aromatic nitrogens is 4. The van der Waals surface area contributed by atoms with Crippen molar-refractivity contribution in [2.75, 3.05) is 6.26 Å². The zero-order chi connectivity index (χ0) is 21.4. The summed E-state index contributed by atoms with van der Waals surface area (Å²) in [6.45, 7) is 0. The van der Waals surface area contributed by atoms with E-state index in [1.54, 1.807) is 30.0 Å². The van der Waals surface area contributed by atoms with E-state index in [2.05, 4.69) is 15.2 Å². The van der Waals surface area contributed by atoms with Gasteiger partial charge in [0.15, 0.2) is 5.69 Å². The van der Waals surface area contributed by atoms with Crippen LogP contribution in [0.25, 0.3) is 39.4 Å². The Labute approximate surface area is 180 Å². The van der Waals surface area contributed by atoms with Gasteiger partial charge in [0.25, 0.3) is 11.4 Å². The van der Waals surface area contributed by atoms with Crippen LogP contribution >= 0.6 is 11.8 Å². The van der Waals surface area contributed by atoms with E-state index in [4.69, 9.17) is 4.52 Å². The second kappa shape index (κ2) is 7.81. The molecule has 0 saturated heterocycles. The van der Waals surface area contributed by atoms with Crippen molar-refractivity contribution < 1.29 is 8.91 Å². The molecule has 0 aliphatic carbocycles. The molecule has 0 amide bonds. The Hall–Kier alpha value is -3.78. The molecule has 0 N–H and O–H groups in total. The zero-order valence-electron chi connectivity index (χ0n) is 16.3. The van der Waals surface area contributed by atoms with Crippen LogP contribution in [0.15, 0.2) is 87.0 Å². The van der Waals surface area contributed by atoms with Crippen LogP contribution in [0.3, 0.4) is 0 Å². The molecular weight excluding hydrogens is 415 g/mol. The first kappa shape index (κ1) is 19.2. The van der Waals surface area contributed by atoms with Crippen LogP contribution in [0.5, 0.6) is 0 Å². The fourth-order valence-electron chi connectivity index (χ4n) is 3.28. The van der Waals surface area contributed by atoms with E-state index in [0.29, 0.717) is 28.0 Å². The molecule has 8 heteroatoms. The summed E-state index contributed by atoms with van der Waals surface area (Å²) in [5, 5.41) is 9.62. The standard InChI is InChI=1S/C23H15FN4O2S/c1-31-17-12-6-14(7-13-17)21-25-22(30-27-21)20-18-4-2-3-5-19(18)23(29)28(26-20)16-10-8-15(24)9-11-16/h2-13H,1H3. The SMILES string of the molecule is CSc1ccc(-c2noc(-c3nn(-c4ccc(F)cc4)c(=O)c4ccccc34)n2)cc1. The van der Waals surface area contributed by atoms with Crippen molar-refractivity contribution in [1.29, 1.82) is 0 Å². The largest absolute Gasteiger partial charge is 0.332 e. The second-order valence-corrected chi connectivity index (χ2v) is 7.62. The molecule has 31 heavy (non-hydrogen) atoms. The number of nitrogens with zero attached hydrogens (tertiary/aromatic N) is 4. The molecule has 0 fully saturated rings. The van der Waals surface area contributed by atoms with Gasteiger partial charge in [-0.1, -0.05) is 23.4 Å². The van der Waals surface area contributed by atoms with Crippen molar-refractivity contribution in [3.8, 4) is 28.7 Å². The highest BCUT2D eigenvalue weighted by molar-refractivity contribution is 7.98. The summed E-state index contributed by atoms with van der Waals surface area (Å²) in [4.78, 5) is 18.7. The minimum Gasteiger partial charge on any atom is -0.332 e. The predicted molar refractivity (Wildman–Crippen MR) is 118 cm³/mol. The summed E-state index contributed by atoms with van der Waals surface area (Å²) in [5.74, 6) is 0.218. The van der Waals surface area contributed by atoms with Crippen molar-refractivity contribution in [2.24, 2.45) is 0 Å². The van der Waals surface area contributed by atoms with Crippen molar-refractivity contribution in [1.82, 2.24) is 19.9 Å². The molecule has 0 saturated carbocycles. The van der Waals surface area contributed by atoms with Crippen LogP contribution in [0.2, 0.25) is 0 Å². The molecule has 2 heterocycles. The first-order chi connectivity index (χ1) is 15.1.